The average molecular weight is 464 g/mol. The van der Waals surface area contributed by atoms with Crippen molar-refractivity contribution in [3.63, 3.8) is 0 Å². The van der Waals surface area contributed by atoms with E-state index in [1.165, 1.54) is 4.90 Å². The van der Waals surface area contributed by atoms with Crippen LogP contribution in [0.4, 0.5) is 4.79 Å². The Morgan fingerprint density at radius 1 is 1.12 bits per heavy atom. The van der Waals surface area contributed by atoms with Crippen molar-refractivity contribution < 1.29 is 24.2 Å². The first-order chi connectivity index (χ1) is 15.3. The summed E-state index contributed by atoms with van der Waals surface area (Å²) >= 11 is 0. The minimum absolute atomic E-state index is 0.0625. The first-order valence-electron chi connectivity index (χ1n) is 11.6. The first kappa shape index (κ1) is 28.4. The van der Waals surface area contributed by atoms with Crippen LogP contribution in [0, 0.1) is 6.92 Å². The van der Waals surface area contributed by atoms with Gasteiger partial charge < -0.3 is 25.4 Å². The molecule has 8 heteroatoms. The standard InChI is InChI=1S/C25H41N3O5/c1-9-11-18(5)26-22(30)21(19-13-10-12-17(4)14-19)28(16(2)3)23(31)20(15-29)27-24(32)33-25(6,7)8/h10,12-14,16,18,20-21,29H,9,11,15H2,1-8H3,(H,26,30)(H,27,32). The second kappa shape index (κ2) is 12.6. The van der Waals surface area contributed by atoms with E-state index in [1.54, 1.807) is 40.7 Å². The third-order valence-electron chi connectivity index (χ3n) is 4.98. The molecule has 8 nitrogen and oxygen atoms in total. The molecule has 3 unspecified atom stereocenters. The average Bonchev–Trinajstić information content (AvgIpc) is 2.67. The number of amides is 3. The molecule has 0 aliphatic rings. The Kier molecular flexibility index (Phi) is 10.8. The predicted octanol–water partition coefficient (Wildman–Crippen LogP) is 3.46. The predicted molar refractivity (Wildman–Crippen MR) is 129 cm³/mol. The van der Waals surface area contributed by atoms with Crippen LogP contribution in [0.3, 0.4) is 0 Å². The molecule has 186 valence electrons. The molecule has 0 saturated heterocycles. The number of nitrogens with one attached hydrogen (secondary N) is 2. The summed E-state index contributed by atoms with van der Waals surface area (Å²) in [5.74, 6) is -0.874. The van der Waals surface area contributed by atoms with Gasteiger partial charge in [0.15, 0.2) is 0 Å². The second-order valence-corrected chi connectivity index (χ2v) is 9.74. The number of ether oxygens (including phenoxy) is 1. The lowest BCUT2D eigenvalue weighted by Gasteiger charge is -2.37. The van der Waals surface area contributed by atoms with E-state index in [-0.39, 0.29) is 18.0 Å². The van der Waals surface area contributed by atoms with Gasteiger partial charge >= 0.3 is 6.09 Å². The molecule has 0 heterocycles. The minimum atomic E-state index is -1.25. The van der Waals surface area contributed by atoms with Gasteiger partial charge in [-0.05, 0) is 60.5 Å². The largest absolute Gasteiger partial charge is 0.444 e. The fraction of sp³-hybridized carbons (Fsp3) is 0.640. The lowest BCUT2D eigenvalue weighted by molar-refractivity contribution is -0.145. The lowest BCUT2D eigenvalue weighted by atomic mass is 9.99. The highest BCUT2D eigenvalue weighted by atomic mass is 16.6. The summed E-state index contributed by atoms with van der Waals surface area (Å²) in [6.07, 6.45) is 0.906. The van der Waals surface area contributed by atoms with Gasteiger partial charge in [-0.1, -0.05) is 43.2 Å². The van der Waals surface area contributed by atoms with E-state index in [4.69, 9.17) is 4.74 Å². The van der Waals surface area contributed by atoms with Gasteiger partial charge in [-0.15, -0.1) is 0 Å². The van der Waals surface area contributed by atoms with Crippen molar-refractivity contribution in [2.24, 2.45) is 0 Å². The van der Waals surface area contributed by atoms with Gasteiger partial charge in [-0.25, -0.2) is 4.79 Å². The molecule has 33 heavy (non-hydrogen) atoms. The molecule has 0 bridgehead atoms. The highest BCUT2D eigenvalue weighted by Gasteiger charge is 2.37. The second-order valence-electron chi connectivity index (χ2n) is 9.74. The van der Waals surface area contributed by atoms with Crippen LogP contribution in [-0.4, -0.2) is 58.2 Å². The minimum Gasteiger partial charge on any atom is -0.444 e. The van der Waals surface area contributed by atoms with Crippen molar-refractivity contribution in [3.05, 3.63) is 35.4 Å². The quantitative estimate of drug-likeness (QED) is 0.492. The zero-order valence-electron chi connectivity index (χ0n) is 21.3. The Labute approximate surface area is 198 Å². The zero-order valence-corrected chi connectivity index (χ0v) is 21.3. The van der Waals surface area contributed by atoms with Gasteiger partial charge in [-0.3, -0.25) is 9.59 Å². The number of rotatable bonds is 10. The van der Waals surface area contributed by atoms with E-state index in [2.05, 4.69) is 10.6 Å². The molecular formula is C25H41N3O5. The number of carbonyl (C=O) groups is 3. The van der Waals surface area contributed by atoms with Crippen LogP contribution in [0.25, 0.3) is 0 Å². The molecule has 3 amide bonds. The molecule has 1 rings (SSSR count). The van der Waals surface area contributed by atoms with Crippen LogP contribution in [0.15, 0.2) is 24.3 Å². The molecular weight excluding hydrogens is 422 g/mol. The molecule has 0 saturated carbocycles. The van der Waals surface area contributed by atoms with Gasteiger partial charge in [-0.2, -0.15) is 0 Å². The van der Waals surface area contributed by atoms with Gasteiger partial charge in [0.2, 0.25) is 11.8 Å². The summed E-state index contributed by atoms with van der Waals surface area (Å²) in [6.45, 7) is 14.0. The van der Waals surface area contributed by atoms with Crippen LogP contribution in [0.1, 0.15) is 78.5 Å². The van der Waals surface area contributed by atoms with Crippen molar-refractivity contribution >= 4 is 17.9 Å². The number of hydrogen-bond donors (Lipinski definition) is 3. The Bertz CT molecular complexity index is 803. The van der Waals surface area contributed by atoms with Crippen LogP contribution in [-0.2, 0) is 14.3 Å². The summed E-state index contributed by atoms with van der Waals surface area (Å²) < 4.78 is 5.24. The fourth-order valence-corrected chi connectivity index (χ4v) is 3.60. The van der Waals surface area contributed by atoms with Crippen LogP contribution < -0.4 is 10.6 Å². The Morgan fingerprint density at radius 3 is 2.24 bits per heavy atom. The zero-order chi connectivity index (χ0) is 25.3. The van der Waals surface area contributed by atoms with E-state index in [0.717, 1.165) is 18.4 Å². The molecule has 1 aromatic rings. The third-order valence-corrected chi connectivity index (χ3v) is 4.98. The van der Waals surface area contributed by atoms with Crippen molar-refractivity contribution in [1.82, 2.24) is 15.5 Å². The van der Waals surface area contributed by atoms with E-state index in [0.29, 0.717) is 5.56 Å². The highest BCUT2D eigenvalue weighted by Crippen LogP contribution is 2.26. The maximum Gasteiger partial charge on any atom is 0.408 e. The Morgan fingerprint density at radius 2 is 1.76 bits per heavy atom. The maximum atomic E-state index is 13.5. The van der Waals surface area contributed by atoms with Crippen molar-refractivity contribution in [3.8, 4) is 0 Å². The number of aliphatic hydroxyl groups excluding tert-OH is 1. The van der Waals surface area contributed by atoms with Gasteiger partial charge in [0.1, 0.15) is 17.7 Å². The number of aryl methyl sites for hydroxylation is 1. The van der Waals surface area contributed by atoms with E-state index < -0.39 is 36.3 Å². The fourth-order valence-electron chi connectivity index (χ4n) is 3.60. The molecule has 0 aromatic heterocycles. The Balaban J connectivity index is 3.35. The summed E-state index contributed by atoms with van der Waals surface area (Å²) in [7, 11) is 0. The van der Waals surface area contributed by atoms with E-state index in [9.17, 15) is 19.5 Å². The van der Waals surface area contributed by atoms with Crippen LogP contribution in [0.2, 0.25) is 0 Å². The number of hydrogen-bond acceptors (Lipinski definition) is 5. The topological polar surface area (TPSA) is 108 Å². The number of aliphatic hydroxyl groups is 1. The van der Waals surface area contributed by atoms with Crippen LogP contribution in [0.5, 0.6) is 0 Å². The molecule has 0 fully saturated rings. The van der Waals surface area contributed by atoms with E-state index >= 15 is 0 Å². The SMILES string of the molecule is CCCC(C)NC(=O)C(c1cccc(C)c1)N(C(=O)C(CO)NC(=O)OC(C)(C)C)C(C)C. The van der Waals surface area contributed by atoms with Gasteiger partial charge in [0.25, 0.3) is 0 Å². The smallest absolute Gasteiger partial charge is 0.408 e. The Hall–Kier alpha value is -2.61. The maximum absolute atomic E-state index is 13.5. The molecule has 0 aliphatic carbocycles. The van der Waals surface area contributed by atoms with Gasteiger partial charge in [0, 0.05) is 12.1 Å². The van der Waals surface area contributed by atoms with Crippen molar-refractivity contribution in [2.45, 2.75) is 98.0 Å². The summed E-state index contributed by atoms with van der Waals surface area (Å²) in [4.78, 5) is 40.7. The van der Waals surface area contributed by atoms with Crippen molar-refractivity contribution in [2.75, 3.05) is 6.61 Å². The number of benzene rings is 1. The molecule has 3 N–H and O–H groups in total. The molecule has 1 aromatic carbocycles. The molecule has 0 spiro atoms. The monoisotopic (exact) mass is 463 g/mol. The van der Waals surface area contributed by atoms with Crippen molar-refractivity contribution in [1.29, 1.82) is 0 Å². The highest BCUT2D eigenvalue weighted by molar-refractivity contribution is 5.92. The number of nitrogens with zero attached hydrogens (tertiary/aromatic N) is 1. The first-order valence-corrected chi connectivity index (χ1v) is 11.6. The third kappa shape index (κ3) is 9.04. The molecule has 0 radical (unpaired) electrons. The molecule has 3 atom stereocenters. The lowest BCUT2D eigenvalue weighted by Crippen LogP contribution is -2.56. The summed E-state index contributed by atoms with van der Waals surface area (Å²) in [5, 5.41) is 15.4. The number of carbonyl (C=O) groups excluding carboxylic acids is 3. The summed E-state index contributed by atoms with van der Waals surface area (Å²) in [6, 6.07) is 4.80. The van der Waals surface area contributed by atoms with Crippen LogP contribution >= 0.6 is 0 Å². The number of alkyl carbamates (subject to hydrolysis) is 1. The summed E-state index contributed by atoms with van der Waals surface area (Å²) in [5.41, 5.74) is 0.852. The van der Waals surface area contributed by atoms with E-state index in [1.807, 2.05) is 39.0 Å². The normalized spacial score (nSPS) is 14.2. The van der Waals surface area contributed by atoms with Gasteiger partial charge in [0.05, 0.1) is 6.61 Å². The molecule has 0 aliphatic heterocycles.